The Labute approximate surface area is 87.1 Å². The van der Waals surface area contributed by atoms with Crippen LogP contribution in [0.15, 0.2) is 12.2 Å². The summed E-state index contributed by atoms with van der Waals surface area (Å²) >= 11 is 5.90. The zero-order chi connectivity index (χ0) is 10.5. The summed E-state index contributed by atoms with van der Waals surface area (Å²) in [5.41, 5.74) is 1.21. The minimum Gasteiger partial charge on any atom is -0.313 e. The Balaban J connectivity index is 3.58. The van der Waals surface area contributed by atoms with Gasteiger partial charge in [0.05, 0.1) is 0 Å². The molecule has 0 atom stereocenters. The van der Waals surface area contributed by atoms with Gasteiger partial charge in [0.25, 0.3) is 0 Å². The van der Waals surface area contributed by atoms with E-state index in [1.54, 1.807) is 4.42 Å². The number of hydrogen-bond donors (Lipinski definition) is 1. The fourth-order valence-electron chi connectivity index (χ4n) is 0.850. The summed E-state index contributed by atoms with van der Waals surface area (Å²) in [4.78, 5) is 0. The first kappa shape index (κ1) is 12.9. The molecule has 0 bridgehead atoms. The largest absolute Gasteiger partial charge is 0.313 e. The van der Waals surface area contributed by atoms with E-state index < -0.39 is 0 Å². The SMILES string of the molecule is C=C(C)CNCCC(C)(C)N(C)Cl. The predicted molar refractivity (Wildman–Crippen MR) is 60.0 cm³/mol. The predicted octanol–water partition coefficient (Wildman–Crippen LogP) is 2.41. The van der Waals surface area contributed by atoms with E-state index >= 15 is 0 Å². The second-order valence-electron chi connectivity index (χ2n) is 4.17. The smallest absolute Gasteiger partial charge is 0.0315 e. The highest BCUT2D eigenvalue weighted by Gasteiger charge is 2.20. The van der Waals surface area contributed by atoms with Gasteiger partial charge in [-0.2, -0.15) is 0 Å². The van der Waals surface area contributed by atoms with Gasteiger partial charge >= 0.3 is 0 Å². The van der Waals surface area contributed by atoms with E-state index in [9.17, 15) is 0 Å². The Morgan fingerprint density at radius 3 is 2.46 bits per heavy atom. The van der Waals surface area contributed by atoms with Gasteiger partial charge in [0, 0.05) is 19.1 Å². The van der Waals surface area contributed by atoms with Crippen LogP contribution in [-0.4, -0.2) is 30.1 Å². The molecule has 0 aliphatic carbocycles. The Morgan fingerprint density at radius 1 is 1.54 bits per heavy atom. The molecule has 0 fully saturated rings. The molecule has 0 rings (SSSR count). The summed E-state index contributed by atoms with van der Waals surface area (Å²) in [6.07, 6.45) is 1.03. The van der Waals surface area contributed by atoms with Gasteiger partial charge in [-0.1, -0.05) is 12.2 Å². The Bertz CT molecular complexity index is 164. The van der Waals surface area contributed by atoms with Crippen LogP contribution in [0.1, 0.15) is 27.2 Å². The summed E-state index contributed by atoms with van der Waals surface area (Å²) in [5, 5.41) is 3.31. The van der Waals surface area contributed by atoms with Crippen LogP contribution in [0.2, 0.25) is 0 Å². The number of rotatable bonds is 6. The molecule has 3 heteroatoms. The maximum atomic E-state index is 5.90. The average molecular weight is 205 g/mol. The van der Waals surface area contributed by atoms with Crippen LogP contribution >= 0.6 is 11.8 Å². The van der Waals surface area contributed by atoms with Crippen molar-refractivity contribution < 1.29 is 0 Å². The molecule has 0 aromatic rings. The summed E-state index contributed by atoms with van der Waals surface area (Å²) in [7, 11) is 1.89. The molecule has 0 saturated heterocycles. The van der Waals surface area contributed by atoms with Gasteiger partial charge in [-0.05, 0) is 45.5 Å². The van der Waals surface area contributed by atoms with E-state index in [-0.39, 0.29) is 5.54 Å². The first-order valence-corrected chi connectivity index (χ1v) is 4.95. The highest BCUT2D eigenvalue weighted by atomic mass is 35.5. The molecule has 0 aliphatic rings. The first-order chi connectivity index (χ1) is 5.86. The minimum atomic E-state index is 0.0453. The molecule has 0 amide bonds. The van der Waals surface area contributed by atoms with Crippen molar-refractivity contribution in [2.75, 3.05) is 20.1 Å². The highest BCUT2D eigenvalue weighted by molar-refractivity contribution is 6.13. The zero-order valence-electron chi connectivity index (χ0n) is 9.15. The average Bonchev–Trinajstić information content (AvgIpc) is 1.97. The Morgan fingerprint density at radius 2 is 2.08 bits per heavy atom. The van der Waals surface area contributed by atoms with Gasteiger partial charge < -0.3 is 5.32 Å². The van der Waals surface area contributed by atoms with E-state index in [1.807, 2.05) is 14.0 Å². The lowest BCUT2D eigenvalue weighted by Crippen LogP contribution is -2.37. The zero-order valence-corrected chi connectivity index (χ0v) is 9.91. The number of nitrogens with zero attached hydrogens (tertiary/aromatic N) is 1. The second kappa shape index (κ2) is 5.63. The molecule has 0 unspecified atom stereocenters. The molecule has 1 N–H and O–H groups in total. The van der Waals surface area contributed by atoms with Crippen LogP contribution in [-0.2, 0) is 0 Å². The van der Waals surface area contributed by atoms with Crippen LogP contribution in [0.5, 0.6) is 0 Å². The molecule has 0 saturated carbocycles. The van der Waals surface area contributed by atoms with Gasteiger partial charge in [-0.15, -0.1) is 0 Å². The standard InChI is InChI=1S/C10H21ClN2/c1-9(2)8-12-7-6-10(3,4)13(5)11/h12H,1,6-8H2,2-5H3. The second-order valence-corrected chi connectivity index (χ2v) is 4.68. The van der Waals surface area contributed by atoms with Crippen LogP contribution in [0.4, 0.5) is 0 Å². The molecule has 0 aromatic carbocycles. The lowest BCUT2D eigenvalue weighted by Gasteiger charge is -2.30. The third kappa shape index (κ3) is 6.08. The van der Waals surface area contributed by atoms with E-state index in [0.717, 1.165) is 25.1 Å². The third-order valence-corrected chi connectivity index (χ3v) is 2.63. The Kier molecular flexibility index (Phi) is 5.61. The van der Waals surface area contributed by atoms with Crippen molar-refractivity contribution in [3.8, 4) is 0 Å². The van der Waals surface area contributed by atoms with Crippen LogP contribution in [0.3, 0.4) is 0 Å². The van der Waals surface area contributed by atoms with Crippen LogP contribution < -0.4 is 5.32 Å². The maximum absolute atomic E-state index is 5.90. The van der Waals surface area contributed by atoms with Gasteiger partial charge in [0.1, 0.15) is 0 Å². The molecule has 0 aliphatic heterocycles. The van der Waals surface area contributed by atoms with E-state index in [0.29, 0.717) is 0 Å². The molecule has 2 nitrogen and oxygen atoms in total. The number of nitrogens with one attached hydrogen (secondary N) is 1. The number of halogens is 1. The molecule has 0 radical (unpaired) electrons. The van der Waals surface area contributed by atoms with Crippen molar-refractivity contribution in [1.29, 1.82) is 0 Å². The van der Waals surface area contributed by atoms with Crippen LogP contribution in [0, 0.1) is 0 Å². The molecule has 13 heavy (non-hydrogen) atoms. The normalized spacial score (nSPS) is 12.2. The van der Waals surface area contributed by atoms with Crippen molar-refractivity contribution in [3.63, 3.8) is 0 Å². The lowest BCUT2D eigenvalue weighted by atomic mass is 10.0. The third-order valence-electron chi connectivity index (χ3n) is 2.17. The maximum Gasteiger partial charge on any atom is 0.0315 e. The van der Waals surface area contributed by atoms with Crippen molar-refractivity contribution in [3.05, 3.63) is 12.2 Å². The number of hydrogen-bond acceptors (Lipinski definition) is 2. The lowest BCUT2D eigenvalue weighted by molar-refractivity contribution is 0.257. The summed E-state index contributed by atoms with van der Waals surface area (Å²) in [5.74, 6) is 0. The molecular weight excluding hydrogens is 184 g/mol. The van der Waals surface area contributed by atoms with E-state index in [1.165, 1.54) is 0 Å². The quantitative estimate of drug-likeness (QED) is 0.406. The fourth-order valence-corrected chi connectivity index (χ4v) is 0.935. The molecular formula is C10H21ClN2. The highest BCUT2D eigenvalue weighted by Crippen LogP contribution is 2.17. The van der Waals surface area contributed by atoms with Crippen molar-refractivity contribution >= 4 is 11.8 Å². The van der Waals surface area contributed by atoms with Gasteiger partial charge in [-0.3, -0.25) is 0 Å². The van der Waals surface area contributed by atoms with Gasteiger partial charge in [0.2, 0.25) is 0 Å². The summed E-state index contributed by atoms with van der Waals surface area (Å²) in [6.45, 7) is 12.0. The van der Waals surface area contributed by atoms with Crippen LogP contribution in [0.25, 0.3) is 0 Å². The monoisotopic (exact) mass is 204 g/mol. The van der Waals surface area contributed by atoms with Crippen molar-refractivity contribution in [2.45, 2.75) is 32.7 Å². The fraction of sp³-hybridized carbons (Fsp3) is 0.800. The molecule has 0 aromatic heterocycles. The summed E-state index contributed by atoms with van der Waals surface area (Å²) in [6, 6.07) is 0. The first-order valence-electron chi connectivity index (χ1n) is 4.61. The van der Waals surface area contributed by atoms with Gasteiger partial charge in [0.15, 0.2) is 0 Å². The molecule has 0 spiro atoms. The van der Waals surface area contributed by atoms with E-state index in [4.69, 9.17) is 11.8 Å². The van der Waals surface area contributed by atoms with Crippen molar-refractivity contribution in [1.82, 2.24) is 9.74 Å². The van der Waals surface area contributed by atoms with Gasteiger partial charge in [-0.25, -0.2) is 4.42 Å². The van der Waals surface area contributed by atoms with E-state index in [2.05, 4.69) is 25.7 Å². The topological polar surface area (TPSA) is 15.3 Å². The minimum absolute atomic E-state index is 0.0453. The molecule has 0 heterocycles. The molecule has 78 valence electrons. The Hall–Kier alpha value is -0.0500. The van der Waals surface area contributed by atoms with Crippen molar-refractivity contribution in [2.24, 2.45) is 0 Å². The summed E-state index contributed by atoms with van der Waals surface area (Å²) < 4.78 is 1.73.